The van der Waals surface area contributed by atoms with Crippen molar-refractivity contribution in [3.63, 3.8) is 0 Å². The molecule has 0 fully saturated rings. The first-order valence-electron chi connectivity index (χ1n) is 7.03. The van der Waals surface area contributed by atoms with Crippen LogP contribution in [-0.4, -0.2) is 20.9 Å². The zero-order valence-corrected chi connectivity index (χ0v) is 11.8. The third-order valence-corrected chi connectivity index (χ3v) is 3.53. The standard InChI is InChI=1S/C15H17N5O/c1-10(21)18-14-16-9-17-15(20-14)19-13-8-4-6-11-5-2-3-7-12(11)13/h2-3,5,7,9,13H,4,6,8H2,1H3,(H2,16,17,18,19,20,21)/t13-/m1/s1. The van der Waals surface area contributed by atoms with Crippen LogP contribution in [-0.2, 0) is 11.2 Å². The van der Waals surface area contributed by atoms with Gasteiger partial charge in [0.1, 0.15) is 6.33 Å². The predicted octanol–water partition coefficient (Wildman–Crippen LogP) is 2.32. The highest BCUT2D eigenvalue weighted by atomic mass is 16.1. The number of carbonyl (C=O) groups is 1. The molecule has 0 unspecified atom stereocenters. The number of nitrogens with zero attached hydrogens (tertiary/aromatic N) is 3. The highest BCUT2D eigenvalue weighted by molar-refractivity contribution is 5.86. The first kappa shape index (κ1) is 13.5. The third kappa shape index (κ3) is 3.16. The number of hydrogen-bond acceptors (Lipinski definition) is 5. The van der Waals surface area contributed by atoms with Crippen molar-refractivity contribution < 1.29 is 4.79 Å². The summed E-state index contributed by atoms with van der Waals surface area (Å²) < 4.78 is 0. The fraction of sp³-hybridized carbons (Fsp3) is 0.333. The van der Waals surface area contributed by atoms with Gasteiger partial charge in [-0.15, -0.1) is 0 Å². The molecule has 1 heterocycles. The molecule has 0 saturated carbocycles. The molecule has 2 N–H and O–H groups in total. The maximum absolute atomic E-state index is 11.0. The van der Waals surface area contributed by atoms with Gasteiger partial charge in [-0.3, -0.25) is 10.1 Å². The molecule has 0 bridgehead atoms. The molecule has 0 aliphatic heterocycles. The summed E-state index contributed by atoms with van der Waals surface area (Å²) in [6.07, 6.45) is 4.69. The average molecular weight is 283 g/mol. The van der Waals surface area contributed by atoms with Crippen molar-refractivity contribution in [3.8, 4) is 0 Å². The van der Waals surface area contributed by atoms with Crippen LogP contribution in [0.15, 0.2) is 30.6 Å². The molecule has 21 heavy (non-hydrogen) atoms. The lowest BCUT2D eigenvalue weighted by Crippen LogP contribution is -2.19. The molecule has 0 saturated heterocycles. The summed E-state index contributed by atoms with van der Waals surface area (Å²) >= 11 is 0. The number of hydrogen-bond donors (Lipinski definition) is 2. The topological polar surface area (TPSA) is 79.8 Å². The predicted molar refractivity (Wildman–Crippen MR) is 79.9 cm³/mol. The molecule has 0 radical (unpaired) electrons. The smallest absolute Gasteiger partial charge is 0.234 e. The van der Waals surface area contributed by atoms with Gasteiger partial charge in [-0.2, -0.15) is 4.98 Å². The van der Waals surface area contributed by atoms with E-state index in [9.17, 15) is 4.79 Å². The van der Waals surface area contributed by atoms with Crippen LogP contribution in [0, 0.1) is 0 Å². The van der Waals surface area contributed by atoms with Gasteiger partial charge >= 0.3 is 0 Å². The van der Waals surface area contributed by atoms with E-state index in [1.165, 1.54) is 24.4 Å². The van der Waals surface area contributed by atoms with E-state index in [0.29, 0.717) is 5.95 Å². The molecule has 1 aromatic heterocycles. The van der Waals surface area contributed by atoms with Gasteiger partial charge in [-0.05, 0) is 30.4 Å². The number of benzene rings is 1. The molecule has 6 heteroatoms. The monoisotopic (exact) mass is 283 g/mol. The van der Waals surface area contributed by atoms with Gasteiger partial charge in [0.05, 0.1) is 6.04 Å². The number of fused-ring (bicyclic) bond motifs is 1. The minimum Gasteiger partial charge on any atom is -0.347 e. The summed E-state index contributed by atoms with van der Waals surface area (Å²) in [7, 11) is 0. The molecule has 108 valence electrons. The Kier molecular flexibility index (Phi) is 3.77. The summed E-state index contributed by atoms with van der Waals surface area (Å²) in [6.45, 7) is 1.42. The van der Waals surface area contributed by atoms with Crippen molar-refractivity contribution in [2.45, 2.75) is 32.2 Å². The Morgan fingerprint density at radius 2 is 2.05 bits per heavy atom. The van der Waals surface area contributed by atoms with E-state index >= 15 is 0 Å². The van der Waals surface area contributed by atoms with Gasteiger partial charge in [0.25, 0.3) is 0 Å². The molecular formula is C15H17N5O. The molecule has 1 aliphatic rings. The third-order valence-electron chi connectivity index (χ3n) is 3.53. The van der Waals surface area contributed by atoms with Crippen molar-refractivity contribution in [1.82, 2.24) is 15.0 Å². The van der Waals surface area contributed by atoms with Crippen molar-refractivity contribution in [1.29, 1.82) is 0 Å². The summed E-state index contributed by atoms with van der Waals surface area (Å²) in [5.41, 5.74) is 2.67. The molecule has 0 spiro atoms. The number of amides is 1. The fourth-order valence-corrected chi connectivity index (χ4v) is 2.64. The van der Waals surface area contributed by atoms with Gasteiger partial charge < -0.3 is 5.32 Å². The Balaban J connectivity index is 1.80. The number of anilines is 2. The summed E-state index contributed by atoms with van der Waals surface area (Å²) in [6, 6.07) is 8.62. The lowest BCUT2D eigenvalue weighted by atomic mass is 9.88. The molecule has 3 rings (SSSR count). The molecule has 1 atom stereocenters. The summed E-state index contributed by atoms with van der Waals surface area (Å²) in [5, 5.41) is 5.90. The van der Waals surface area contributed by atoms with Crippen LogP contribution in [0.1, 0.15) is 36.9 Å². The number of aryl methyl sites for hydroxylation is 1. The van der Waals surface area contributed by atoms with Gasteiger partial charge in [0, 0.05) is 6.92 Å². The first-order chi connectivity index (χ1) is 10.2. The Labute approximate surface area is 123 Å². The maximum Gasteiger partial charge on any atom is 0.234 e. The largest absolute Gasteiger partial charge is 0.347 e. The Hall–Kier alpha value is -2.50. The van der Waals surface area contributed by atoms with E-state index < -0.39 is 0 Å². The Bertz CT molecular complexity index is 658. The van der Waals surface area contributed by atoms with Gasteiger partial charge in [0.2, 0.25) is 17.8 Å². The molecule has 6 nitrogen and oxygen atoms in total. The first-order valence-corrected chi connectivity index (χ1v) is 7.03. The van der Waals surface area contributed by atoms with Crippen LogP contribution in [0.4, 0.5) is 11.9 Å². The van der Waals surface area contributed by atoms with Crippen LogP contribution in [0.25, 0.3) is 0 Å². The minimum atomic E-state index is -0.199. The lowest BCUT2D eigenvalue weighted by molar-refractivity contribution is -0.114. The van der Waals surface area contributed by atoms with Crippen LogP contribution >= 0.6 is 0 Å². The summed E-state index contributed by atoms with van der Waals surface area (Å²) in [4.78, 5) is 23.3. The van der Waals surface area contributed by atoms with Gasteiger partial charge in [-0.1, -0.05) is 24.3 Å². The van der Waals surface area contributed by atoms with E-state index in [4.69, 9.17) is 0 Å². The zero-order chi connectivity index (χ0) is 14.7. The van der Waals surface area contributed by atoms with Crippen LogP contribution < -0.4 is 10.6 Å². The van der Waals surface area contributed by atoms with Gasteiger partial charge in [-0.25, -0.2) is 9.97 Å². The van der Waals surface area contributed by atoms with E-state index in [2.05, 4.69) is 49.9 Å². The normalized spacial score (nSPS) is 16.9. The van der Waals surface area contributed by atoms with E-state index in [1.54, 1.807) is 0 Å². The van der Waals surface area contributed by atoms with Crippen molar-refractivity contribution in [2.75, 3.05) is 10.6 Å². The van der Waals surface area contributed by atoms with Crippen LogP contribution in [0.2, 0.25) is 0 Å². The highest BCUT2D eigenvalue weighted by Gasteiger charge is 2.20. The number of rotatable bonds is 3. The van der Waals surface area contributed by atoms with E-state index in [0.717, 1.165) is 19.3 Å². The second kappa shape index (κ2) is 5.87. The molecule has 2 aromatic rings. The maximum atomic E-state index is 11.0. The second-order valence-electron chi connectivity index (χ2n) is 5.10. The highest BCUT2D eigenvalue weighted by Crippen LogP contribution is 2.31. The summed E-state index contributed by atoms with van der Waals surface area (Å²) in [5.74, 6) is 0.551. The number of nitrogens with one attached hydrogen (secondary N) is 2. The average Bonchev–Trinajstić information content (AvgIpc) is 2.47. The van der Waals surface area contributed by atoms with Crippen molar-refractivity contribution in [3.05, 3.63) is 41.7 Å². The number of carbonyl (C=O) groups excluding carboxylic acids is 1. The quantitative estimate of drug-likeness (QED) is 0.903. The number of aromatic nitrogens is 3. The molecule has 1 amide bonds. The van der Waals surface area contributed by atoms with Crippen LogP contribution in [0.3, 0.4) is 0 Å². The van der Waals surface area contributed by atoms with Gasteiger partial charge in [0.15, 0.2) is 0 Å². The molecule has 1 aliphatic carbocycles. The molecular weight excluding hydrogens is 266 g/mol. The lowest BCUT2D eigenvalue weighted by Gasteiger charge is -2.26. The van der Waals surface area contributed by atoms with Crippen molar-refractivity contribution in [2.24, 2.45) is 0 Å². The SMILES string of the molecule is CC(=O)Nc1ncnc(N[C@@H]2CCCc3ccccc32)n1. The second-order valence-corrected chi connectivity index (χ2v) is 5.10. The Morgan fingerprint density at radius 3 is 2.90 bits per heavy atom. The van der Waals surface area contributed by atoms with E-state index in [-0.39, 0.29) is 17.9 Å². The van der Waals surface area contributed by atoms with E-state index in [1.807, 2.05) is 0 Å². The fourth-order valence-electron chi connectivity index (χ4n) is 2.64. The van der Waals surface area contributed by atoms with Crippen LogP contribution in [0.5, 0.6) is 0 Å². The van der Waals surface area contributed by atoms with Crippen molar-refractivity contribution >= 4 is 17.8 Å². The zero-order valence-electron chi connectivity index (χ0n) is 11.8. The Morgan fingerprint density at radius 1 is 1.24 bits per heavy atom. The minimum absolute atomic E-state index is 0.197. The molecule has 1 aromatic carbocycles.